The fourth-order valence-electron chi connectivity index (χ4n) is 4.05. The highest BCUT2D eigenvalue weighted by molar-refractivity contribution is 5.87. The molecule has 0 fully saturated rings. The van der Waals surface area contributed by atoms with E-state index in [4.69, 9.17) is 0 Å². The molecule has 0 saturated heterocycles. The molecular formula is C18H23NO2. The lowest BCUT2D eigenvalue weighted by molar-refractivity contribution is -0.143. The molecule has 3 heteroatoms. The number of aliphatic carboxylic acids is 1. The molecule has 2 atom stereocenters. The van der Waals surface area contributed by atoms with Crippen LogP contribution >= 0.6 is 0 Å². The number of aryl methyl sites for hydroxylation is 2. The van der Waals surface area contributed by atoms with Gasteiger partial charge in [-0.3, -0.25) is 4.79 Å². The van der Waals surface area contributed by atoms with Crippen molar-refractivity contribution in [2.45, 2.75) is 52.0 Å². The van der Waals surface area contributed by atoms with Gasteiger partial charge in [-0.15, -0.1) is 0 Å². The quantitative estimate of drug-likeness (QED) is 0.927. The summed E-state index contributed by atoms with van der Waals surface area (Å²) in [7, 11) is 0. The Bertz CT molecular complexity index is 668. The molecule has 1 aliphatic carbocycles. The van der Waals surface area contributed by atoms with Crippen LogP contribution in [-0.2, 0) is 23.2 Å². The third kappa shape index (κ3) is 1.90. The Balaban J connectivity index is 2.33. The lowest BCUT2D eigenvalue weighted by Crippen LogP contribution is -2.40. The normalized spacial score (nSPS) is 23.0. The molecule has 0 spiro atoms. The monoisotopic (exact) mass is 285 g/mol. The molecule has 1 aliphatic rings. The van der Waals surface area contributed by atoms with E-state index in [0.717, 1.165) is 25.8 Å². The topological polar surface area (TPSA) is 42.2 Å². The molecule has 1 aromatic heterocycles. The van der Waals surface area contributed by atoms with Crippen LogP contribution in [0.2, 0.25) is 0 Å². The average molecular weight is 285 g/mol. The minimum Gasteiger partial charge on any atom is -0.481 e. The van der Waals surface area contributed by atoms with Crippen LogP contribution in [0.25, 0.3) is 10.9 Å². The number of para-hydroxylation sites is 1. The molecule has 3 rings (SSSR count). The first kappa shape index (κ1) is 14.2. The Morgan fingerprint density at radius 2 is 2.14 bits per heavy atom. The second-order valence-electron chi connectivity index (χ2n) is 6.42. The van der Waals surface area contributed by atoms with E-state index in [-0.39, 0.29) is 11.3 Å². The molecule has 0 amide bonds. The number of aromatic nitrogens is 1. The Morgan fingerprint density at radius 1 is 1.43 bits per heavy atom. The fraction of sp³-hybridized carbons (Fsp3) is 0.500. The SMILES string of the molecule is CCn1c2c(c3ccccc31)CCCC2(C)C(C)C(=O)O. The minimum absolute atomic E-state index is 0.283. The second kappa shape index (κ2) is 4.90. The summed E-state index contributed by atoms with van der Waals surface area (Å²) < 4.78 is 2.34. The zero-order valence-corrected chi connectivity index (χ0v) is 13.0. The van der Waals surface area contributed by atoms with E-state index in [1.807, 2.05) is 6.92 Å². The highest BCUT2D eigenvalue weighted by Crippen LogP contribution is 2.46. The molecule has 112 valence electrons. The maximum absolute atomic E-state index is 11.6. The number of hydrogen-bond acceptors (Lipinski definition) is 1. The van der Waals surface area contributed by atoms with Crippen LogP contribution in [0.4, 0.5) is 0 Å². The molecule has 2 unspecified atom stereocenters. The van der Waals surface area contributed by atoms with Gasteiger partial charge in [-0.05, 0) is 37.8 Å². The van der Waals surface area contributed by atoms with Gasteiger partial charge < -0.3 is 9.67 Å². The Morgan fingerprint density at radius 3 is 2.81 bits per heavy atom. The van der Waals surface area contributed by atoms with Crippen LogP contribution in [0.1, 0.15) is 44.9 Å². The molecule has 1 aromatic carbocycles. The maximum atomic E-state index is 11.6. The summed E-state index contributed by atoms with van der Waals surface area (Å²) in [5, 5.41) is 10.9. The van der Waals surface area contributed by atoms with Crippen molar-refractivity contribution >= 4 is 16.9 Å². The first-order valence-electron chi connectivity index (χ1n) is 7.84. The van der Waals surface area contributed by atoms with Gasteiger partial charge in [0.1, 0.15) is 0 Å². The van der Waals surface area contributed by atoms with E-state index in [9.17, 15) is 9.90 Å². The summed E-state index contributed by atoms with van der Waals surface area (Å²) in [6.07, 6.45) is 3.08. The average Bonchev–Trinajstić information content (AvgIpc) is 2.82. The standard InChI is InChI=1S/C18H23NO2/c1-4-19-15-10-6-5-8-13(15)14-9-7-11-18(3,16(14)19)12(2)17(20)21/h5-6,8,10,12H,4,7,9,11H2,1-3H3,(H,20,21). The Hall–Kier alpha value is -1.77. The smallest absolute Gasteiger partial charge is 0.307 e. The van der Waals surface area contributed by atoms with Gasteiger partial charge in [-0.1, -0.05) is 32.0 Å². The molecule has 3 nitrogen and oxygen atoms in total. The van der Waals surface area contributed by atoms with Crippen LogP contribution in [0, 0.1) is 5.92 Å². The van der Waals surface area contributed by atoms with Gasteiger partial charge >= 0.3 is 5.97 Å². The third-order valence-corrected chi connectivity index (χ3v) is 5.38. The van der Waals surface area contributed by atoms with Gasteiger partial charge in [-0.25, -0.2) is 0 Å². The van der Waals surface area contributed by atoms with Gasteiger partial charge in [0.2, 0.25) is 0 Å². The van der Waals surface area contributed by atoms with Crippen LogP contribution < -0.4 is 0 Å². The number of rotatable bonds is 3. The summed E-state index contributed by atoms with van der Waals surface area (Å²) in [6, 6.07) is 8.48. The predicted molar refractivity (Wildman–Crippen MR) is 84.7 cm³/mol. The van der Waals surface area contributed by atoms with E-state index in [2.05, 4.69) is 42.7 Å². The summed E-state index contributed by atoms with van der Waals surface area (Å²) in [5.74, 6) is -1.07. The number of nitrogens with zero attached hydrogens (tertiary/aromatic N) is 1. The van der Waals surface area contributed by atoms with E-state index in [1.54, 1.807) is 0 Å². The van der Waals surface area contributed by atoms with Crippen molar-refractivity contribution in [1.82, 2.24) is 4.57 Å². The molecule has 21 heavy (non-hydrogen) atoms. The van der Waals surface area contributed by atoms with Crippen molar-refractivity contribution in [3.8, 4) is 0 Å². The first-order valence-corrected chi connectivity index (χ1v) is 7.84. The van der Waals surface area contributed by atoms with E-state index in [1.165, 1.54) is 22.2 Å². The maximum Gasteiger partial charge on any atom is 0.307 e. The van der Waals surface area contributed by atoms with Gasteiger partial charge in [0, 0.05) is 28.6 Å². The lowest BCUT2D eigenvalue weighted by atomic mass is 9.67. The zero-order valence-electron chi connectivity index (χ0n) is 13.0. The van der Waals surface area contributed by atoms with Crippen molar-refractivity contribution in [3.63, 3.8) is 0 Å². The third-order valence-electron chi connectivity index (χ3n) is 5.38. The van der Waals surface area contributed by atoms with Crippen molar-refractivity contribution in [2.75, 3.05) is 0 Å². The first-order chi connectivity index (χ1) is 10.0. The van der Waals surface area contributed by atoms with Gasteiger partial charge in [0.15, 0.2) is 0 Å². The van der Waals surface area contributed by atoms with Crippen molar-refractivity contribution in [3.05, 3.63) is 35.5 Å². The van der Waals surface area contributed by atoms with Crippen LogP contribution in [0.3, 0.4) is 0 Å². The second-order valence-corrected chi connectivity index (χ2v) is 6.42. The summed E-state index contributed by atoms with van der Waals surface area (Å²) in [6.45, 7) is 7.02. The highest BCUT2D eigenvalue weighted by atomic mass is 16.4. The molecule has 0 saturated carbocycles. The van der Waals surface area contributed by atoms with E-state index in [0.29, 0.717) is 0 Å². The van der Waals surface area contributed by atoms with Crippen LogP contribution in [-0.4, -0.2) is 15.6 Å². The highest BCUT2D eigenvalue weighted by Gasteiger charge is 2.43. The summed E-state index contributed by atoms with van der Waals surface area (Å²) in [5.41, 5.74) is 3.59. The molecule has 1 N–H and O–H groups in total. The largest absolute Gasteiger partial charge is 0.481 e. The molecule has 0 radical (unpaired) electrons. The van der Waals surface area contributed by atoms with Crippen LogP contribution in [0.5, 0.6) is 0 Å². The molecule has 0 aliphatic heterocycles. The van der Waals surface area contributed by atoms with Gasteiger partial charge in [0.25, 0.3) is 0 Å². The number of fused-ring (bicyclic) bond motifs is 3. The van der Waals surface area contributed by atoms with E-state index >= 15 is 0 Å². The zero-order chi connectivity index (χ0) is 15.2. The Labute approximate surface area is 125 Å². The number of carboxylic acids is 1. The lowest BCUT2D eigenvalue weighted by Gasteiger charge is -2.39. The molecule has 1 heterocycles. The molecule has 2 aromatic rings. The van der Waals surface area contributed by atoms with Crippen molar-refractivity contribution in [2.24, 2.45) is 5.92 Å². The Kier molecular flexibility index (Phi) is 3.31. The predicted octanol–water partition coefficient (Wildman–Crippen LogP) is 3.98. The van der Waals surface area contributed by atoms with E-state index < -0.39 is 5.97 Å². The minimum atomic E-state index is -0.696. The summed E-state index contributed by atoms with van der Waals surface area (Å²) in [4.78, 5) is 11.6. The number of carboxylic acid groups (broad SMARTS) is 1. The molecular weight excluding hydrogens is 262 g/mol. The van der Waals surface area contributed by atoms with Gasteiger partial charge in [-0.2, -0.15) is 0 Å². The van der Waals surface area contributed by atoms with Crippen molar-refractivity contribution < 1.29 is 9.90 Å². The number of benzene rings is 1. The fourth-order valence-corrected chi connectivity index (χ4v) is 4.05. The van der Waals surface area contributed by atoms with Crippen LogP contribution in [0.15, 0.2) is 24.3 Å². The number of carbonyl (C=O) groups is 1. The van der Waals surface area contributed by atoms with Gasteiger partial charge in [0.05, 0.1) is 5.92 Å². The number of hydrogen-bond donors (Lipinski definition) is 1. The van der Waals surface area contributed by atoms with Crippen molar-refractivity contribution in [1.29, 1.82) is 0 Å². The molecule has 0 bridgehead atoms. The summed E-state index contributed by atoms with van der Waals surface area (Å²) >= 11 is 0.